The average Bonchev–Trinajstić information content (AvgIpc) is 2.77. The van der Waals surface area contributed by atoms with Crippen LogP contribution in [0.1, 0.15) is 50.4 Å². The molecule has 1 aromatic heterocycles. The number of fused-ring (bicyclic) bond motifs is 2. The quantitative estimate of drug-likeness (QED) is 0.916. The van der Waals surface area contributed by atoms with Crippen LogP contribution in [0.15, 0.2) is 6.07 Å². The number of nitrogens with zero attached hydrogens (tertiary/aromatic N) is 3. The summed E-state index contributed by atoms with van der Waals surface area (Å²) in [6, 6.07) is 4.50. The predicted octanol–water partition coefficient (Wildman–Crippen LogP) is 2.32. The molecular weight excluding hydrogens is 248 g/mol. The highest BCUT2D eigenvalue weighted by molar-refractivity contribution is 5.09. The van der Waals surface area contributed by atoms with Gasteiger partial charge in [-0.05, 0) is 52.6 Å². The molecule has 3 rings (SSSR count). The van der Waals surface area contributed by atoms with Crippen LogP contribution in [0.3, 0.4) is 0 Å². The van der Waals surface area contributed by atoms with Crippen LogP contribution in [0.5, 0.6) is 0 Å². The van der Waals surface area contributed by atoms with Crippen LogP contribution in [0.25, 0.3) is 0 Å². The monoisotopic (exact) mass is 276 g/mol. The van der Waals surface area contributed by atoms with Gasteiger partial charge in [-0.2, -0.15) is 5.10 Å². The van der Waals surface area contributed by atoms with Gasteiger partial charge in [0.25, 0.3) is 0 Å². The standard InChI is InChI=1S/C16H28N4/c1-4-20-16(8-12(2)18-20)11-17-13-9-14-6-5-7-15(10-13)19(14)3/h8,13-15,17H,4-7,9-11H2,1-3H3. The summed E-state index contributed by atoms with van der Waals surface area (Å²) in [7, 11) is 2.32. The normalized spacial score (nSPS) is 30.6. The first-order valence-corrected chi connectivity index (χ1v) is 8.16. The first-order chi connectivity index (χ1) is 9.67. The van der Waals surface area contributed by atoms with Gasteiger partial charge in [0.1, 0.15) is 0 Å². The molecule has 2 fully saturated rings. The molecule has 20 heavy (non-hydrogen) atoms. The molecule has 2 atom stereocenters. The minimum Gasteiger partial charge on any atom is -0.308 e. The molecule has 2 bridgehead atoms. The van der Waals surface area contributed by atoms with Gasteiger partial charge in [-0.15, -0.1) is 0 Å². The van der Waals surface area contributed by atoms with Crippen LogP contribution < -0.4 is 5.32 Å². The highest BCUT2D eigenvalue weighted by Gasteiger charge is 2.35. The lowest BCUT2D eigenvalue weighted by Crippen LogP contribution is -2.54. The Bertz CT molecular complexity index is 439. The minimum atomic E-state index is 0.682. The number of hydrogen-bond donors (Lipinski definition) is 1. The van der Waals surface area contributed by atoms with Crippen molar-refractivity contribution in [3.8, 4) is 0 Å². The van der Waals surface area contributed by atoms with Crippen molar-refractivity contribution >= 4 is 0 Å². The van der Waals surface area contributed by atoms with Gasteiger partial charge in [-0.25, -0.2) is 0 Å². The molecule has 2 unspecified atom stereocenters. The number of rotatable bonds is 4. The van der Waals surface area contributed by atoms with Crippen LogP contribution in [0.2, 0.25) is 0 Å². The molecule has 112 valence electrons. The van der Waals surface area contributed by atoms with Crippen LogP contribution >= 0.6 is 0 Å². The molecule has 2 saturated heterocycles. The van der Waals surface area contributed by atoms with Gasteiger partial charge in [0.05, 0.1) is 11.4 Å². The van der Waals surface area contributed by atoms with Gasteiger partial charge in [0.2, 0.25) is 0 Å². The Morgan fingerprint density at radius 1 is 1.30 bits per heavy atom. The summed E-state index contributed by atoms with van der Waals surface area (Å²) < 4.78 is 2.12. The van der Waals surface area contributed by atoms with E-state index in [2.05, 4.69) is 47.0 Å². The van der Waals surface area contributed by atoms with Crippen molar-refractivity contribution in [2.24, 2.45) is 0 Å². The maximum absolute atomic E-state index is 4.53. The molecule has 3 heterocycles. The maximum Gasteiger partial charge on any atom is 0.0597 e. The average molecular weight is 276 g/mol. The summed E-state index contributed by atoms with van der Waals surface area (Å²) in [6.07, 6.45) is 6.82. The van der Waals surface area contributed by atoms with Crippen LogP contribution in [-0.4, -0.2) is 39.9 Å². The Kier molecular flexibility index (Phi) is 4.13. The van der Waals surface area contributed by atoms with Gasteiger partial charge < -0.3 is 10.2 Å². The lowest BCUT2D eigenvalue weighted by Gasteiger charge is -2.47. The number of piperidine rings is 2. The molecule has 1 N–H and O–H groups in total. The van der Waals surface area contributed by atoms with E-state index in [1.165, 1.54) is 37.8 Å². The number of aryl methyl sites for hydroxylation is 2. The second-order valence-electron chi connectivity index (χ2n) is 6.55. The van der Waals surface area contributed by atoms with Gasteiger partial charge in [-0.1, -0.05) is 6.42 Å². The van der Waals surface area contributed by atoms with Gasteiger partial charge in [-0.3, -0.25) is 4.68 Å². The molecule has 4 heteroatoms. The molecule has 0 saturated carbocycles. The summed E-state index contributed by atoms with van der Waals surface area (Å²) in [5, 5.41) is 8.32. The van der Waals surface area contributed by atoms with Gasteiger partial charge in [0, 0.05) is 31.2 Å². The predicted molar refractivity (Wildman–Crippen MR) is 81.7 cm³/mol. The summed E-state index contributed by atoms with van der Waals surface area (Å²) in [4.78, 5) is 2.63. The summed E-state index contributed by atoms with van der Waals surface area (Å²) in [5.41, 5.74) is 2.46. The van der Waals surface area contributed by atoms with E-state index in [4.69, 9.17) is 0 Å². The number of nitrogens with one attached hydrogen (secondary N) is 1. The third-order valence-corrected chi connectivity index (χ3v) is 5.20. The highest BCUT2D eigenvalue weighted by Crippen LogP contribution is 2.32. The number of aromatic nitrogens is 2. The van der Waals surface area contributed by atoms with E-state index in [1.54, 1.807) is 0 Å². The van der Waals surface area contributed by atoms with E-state index in [-0.39, 0.29) is 0 Å². The molecule has 0 radical (unpaired) electrons. The minimum absolute atomic E-state index is 0.682. The Hall–Kier alpha value is -0.870. The summed E-state index contributed by atoms with van der Waals surface area (Å²) in [6.45, 7) is 6.16. The van der Waals surface area contributed by atoms with E-state index >= 15 is 0 Å². The van der Waals surface area contributed by atoms with Crippen molar-refractivity contribution < 1.29 is 0 Å². The first kappa shape index (κ1) is 14.1. The van der Waals surface area contributed by atoms with E-state index in [0.717, 1.165) is 30.9 Å². The Morgan fingerprint density at radius 3 is 2.65 bits per heavy atom. The SMILES string of the molecule is CCn1nc(C)cc1CNC1CC2CCCC(C1)N2C. The zero-order chi connectivity index (χ0) is 14.1. The van der Waals surface area contributed by atoms with E-state index < -0.39 is 0 Å². The molecule has 2 aliphatic rings. The largest absolute Gasteiger partial charge is 0.308 e. The number of hydrogen-bond acceptors (Lipinski definition) is 3. The van der Waals surface area contributed by atoms with E-state index in [9.17, 15) is 0 Å². The molecule has 0 aromatic carbocycles. The third-order valence-electron chi connectivity index (χ3n) is 5.20. The summed E-state index contributed by atoms with van der Waals surface area (Å²) >= 11 is 0. The van der Waals surface area contributed by atoms with Gasteiger partial charge >= 0.3 is 0 Å². The van der Waals surface area contributed by atoms with Gasteiger partial charge in [0.15, 0.2) is 0 Å². The molecule has 2 aliphatic heterocycles. The van der Waals surface area contributed by atoms with Crippen molar-refractivity contribution in [1.29, 1.82) is 0 Å². The molecular formula is C16H28N4. The van der Waals surface area contributed by atoms with Crippen molar-refractivity contribution in [2.75, 3.05) is 7.05 Å². The smallest absolute Gasteiger partial charge is 0.0597 e. The fourth-order valence-corrected chi connectivity index (χ4v) is 4.05. The van der Waals surface area contributed by atoms with Crippen LogP contribution in [-0.2, 0) is 13.1 Å². The Labute approximate surface area is 122 Å². The molecule has 0 spiro atoms. The lowest BCUT2D eigenvalue weighted by molar-refractivity contribution is 0.0481. The van der Waals surface area contributed by atoms with Crippen LogP contribution in [0.4, 0.5) is 0 Å². The second kappa shape index (κ2) is 5.86. The fourth-order valence-electron chi connectivity index (χ4n) is 4.05. The van der Waals surface area contributed by atoms with Crippen molar-refractivity contribution in [1.82, 2.24) is 20.0 Å². The van der Waals surface area contributed by atoms with Crippen molar-refractivity contribution in [3.63, 3.8) is 0 Å². The van der Waals surface area contributed by atoms with Crippen molar-refractivity contribution in [3.05, 3.63) is 17.5 Å². The molecule has 4 nitrogen and oxygen atoms in total. The zero-order valence-electron chi connectivity index (χ0n) is 13.1. The van der Waals surface area contributed by atoms with E-state index in [1.807, 2.05) is 0 Å². The third kappa shape index (κ3) is 2.77. The lowest BCUT2D eigenvalue weighted by atomic mass is 9.82. The molecule has 1 aromatic rings. The summed E-state index contributed by atoms with van der Waals surface area (Å²) in [5.74, 6) is 0. The van der Waals surface area contributed by atoms with Crippen LogP contribution in [0, 0.1) is 6.92 Å². The molecule has 0 amide bonds. The molecule has 0 aliphatic carbocycles. The second-order valence-corrected chi connectivity index (χ2v) is 6.55. The zero-order valence-corrected chi connectivity index (χ0v) is 13.1. The maximum atomic E-state index is 4.53. The Balaban J connectivity index is 1.59. The first-order valence-electron chi connectivity index (χ1n) is 8.16. The van der Waals surface area contributed by atoms with Crippen molar-refractivity contribution in [2.45, 2.75) is 77.2 Å². The highest BCUT2D eigenvalue weighted by atomic mass is 15.3. The fraction of sp³-hybridized carbons (Fsp3) is 0.812. The Morgan fingerprint density at radius 2 is 2.00 bits per heavy atom. The van der Waals surface area contributed by atoms with E-state index in [0.29, 0.717) is 6.04 Å². The topological polar surface area (TPSA) is 33.1 Å².